The summed E-state index contributed by atoms with van der Waals surface area (Å²) >= 11 is 0. The van der Waals surface area contributed by atoms with E-state index in [0.29, 0.717) is 19.6 Å². The molecule has 1 saturated heterocycles. The zero-order valence-corrected chi connectivity index (χ0v) is 18.8. The number of benzene rings is 2. The van der Waals surface area contributed by atoms with E-state index in [1.807, 2.05) is 30.3 Å². The first kappa shape index (κ1) is 23.0. The Balaban J connectivity index is 1.34. The summed E-state index contributed by atoms with van der Waals surface area (Å²) in [6, 6.07) is 16.3. The summed E-state index contributed by atoms with van der Waals surface area (Å²) in [7, 11) is 0. The number of anilines is 1. The van der Waals surface area contributed by atoms with Crippen LogP contribution in [0, 0.1) is 6.92 Å². The summed E-state index contributed by atoms with van der Waals surface area (Å²) in [5, 5.41) is 6.12. The van der Waals surface area contributed by atoms with E-state index >= 15 is 0 Å². The first-order chi connectivity index (χ1) is 15.0. The molecule has 2 aromatic carbocycles. The first-order valence-corrected chi connectivity index (χ1v) is 11.4. The van der Waals surface area contributed by atoms with Crippen LogP contribution in [0.1, 0.15) is 23.6 Å². The van der Waals surface area contributed by atoms with Crippen LogP contribution in [-0.2, 0) is 22.4 Å². The molecule has 2 amide bonds. The molecule has 0 radical (unpaired) electrons. The smallest absolute Gasteiger partial charge is 0.279 e. The van der Waals surface area contributed by atoms with Crippen molar-refractivity contribution in [2.45, 2.75) is 26.7 Å². The van der Waals surface area contributed by atoms with Gasteiger partial charge in [-0.25, -0.2) is 0 Å². The number of rotatable bonds is 9. The van der Waals surface area contributed by atoms with Gasteiger partial charge in [0.25, 0.3) is 11.8 Å². The molecular formula is C25H36N4O2+2. The third-order valence-corrected chi connectivity index (χ3v) is 6.14. The highest BCUT2D eigenvalue weighted by Crippen LogP contribution is 2.14. The minimum atomic E-state index is 0.0632. The lowest BCUT2D eigenvalue weighted by atomic mass is 10.1. The molecule has 6 nitrogen and oxygen atoms in total. The van der Waals surface area contributed by atoms with Gasteiger partial charge >= 0.3 is 0 Å². The zero-order chi connectivity index (χ0) is 22.1. The number of piperazine rings is 1. The first-order valence-electron chi connectivity index (χ1n) is 11.4. The predicted octanol–water partition coefficient (Wildman–Crippen LogP) is -0.362. The third kappa shape index (κ3) is 7.19. The van der Waals surface area contributed by atoms with Crippen LogP contribution in [0.5, 0.6) is 0 Å². The quantitative estimate of drug-likeness (QED) is 0.444. The minimum absolute atomic E-state index is 0.0632. The largest absolute Gasteiger partial charge is 0.351 e. The van der Waals surface area contributed by atoms with E-state index in [9.17, 15) is 9.59 Å². The van der Waals surface area contributed by atoms with Gasteiger partial charge in [0, 0.05) is 12.2 Å². The molecule has 31 heavy (non-hydrogen) atoms. The van der Waals surface area contributed by atoms with E-state index in [1.54, 1.807) is 0 Å². The molecule has 1 fully saturated rings. The Kier molecular flexibility index (Phi) is 8.62. The van der Waals surface area contributed by atoms with Gasteiger partial charge in [-0.3, -0.25) is 9.59 Å². The number of amides is 2. The van der Waals surface area contributed by atoms with Crippen molar-refractivity contribution in [2.75, 3.05) is 51.1 Å². The van der Waals surface area contributed by atoms with Gasteiger partial charge in [-0.15, -0.1) is 0 Å². The van der Waals surface area contributed by atoms with Gasteiger partial charge < -0.3 is 20.4 Å². The normalized spacial score (nSPS) is 18.4. The number of carbonyl (C=O) groups is 2. The number of hydrogen-bond donors (Lipinski definition) is 4. The molecule has 1 aliphatic heterocycles. The Hall–Kier alpha value is -2.70. The molecule has 4 N–H and O–H groups in total. The molecule has 0 aliphatic carbocycles. The predicted molar refractivity (Wildman–Crippen MR) is 123 cm³/mol. The van der Waals surface area contributed by atoms with Crippen molar-refractivity contribution in [1.29, 1.82) is 0 Å². The van der Waals surface area contributed by atoms with Crippen molar-refractivity contribution < 1.29 is 19.4 Å². The Bertz CT molecular complexity index is 875. The maximum atomic E-state index is 12.5. The Morgan fingerprint density at radius 3 is 2.06 bits per heavy atom. The Morgan fingerprint density at radius 2 is 1.42 bits per heavy atom. The summed E-state index contributed by atoms with van der Waals surface area (Å²) in [6.45, 7) is 9.52. The highest BCUT2D eigenvalue weighted by atomic mass is 16.2. The molecule has 3 rings (SSSR count). The van der Waals surface area contributed by atoms with Gasteiger partial charge in [0.15, 0.2) is 13.1 Å². The highest BCUT2D eigenvalue weighted by molar-refractivity contribution is 5.92. The average molecular weight is 425 g/mol. The topological polar surface area (TPSA) is 67.1 Å². The molecule has 2 aromatic rings. The molecular weight excluding hydrogens is 388 g/mol. The van der Waals surface area contributed by atoms with Crippen LogP contribution >= 0.6 is 0 Å². The lowest BCUT2D eigenvalue weighted by Gasteiger charge is -2.29. The van der Waals surface area contributed by atoms with Crippen molar-refractivity contribution in [3.63, 3.8) is 0 Å². The van der Waals surface area contributed by atoms with Crippen molar-refractivity contribution in [3.05, 3.63) is 65.2 Å². The SMILES string of the molecule is CCc1ccccc1NC(=O)C[NH+]1CC[NH+](CC(=O)NCCc2ccccc2C)CC1. The van der Waals surface area contributed by atoms with Crippen LogP contribution in [0.2, 0.25) is 0 Å². The summed E-state index contributed by atoms with van der Waals surface area (Å²) in [5.41, 5.74) is 4.63. The Labute approximate surface area is 185 Å². The molecule has 0 spiro atoms. The van der Waals surface area contributed by atoms with Crippen LogP contribution in [0.15, 0.2) is 48.5 Å². The zero-order valence-electron chi connectivity index (χ0n) is 18.8. The van der Waals surface area contributed by atoms with Gasteiger partial charge in [-0.1, -0.05) is 49.4 Å². The maximum Gasteiger partial charge on any atom is 0.279 e. The van der Waals surface area contributed by atoms with E-state index in [2.05, 4.69) is 42.7 Å². The van der Waals surface area contributed by atoms with Crippen LogP contribution in [0.4, 0.5) is 5.69 Å². The molecule has 0 aromatic heterocycles. The third-order valence-electron chi connectivity index (χ3n) is 6.14. The lowest BCUT2D eigenvalue weighted by Crippen LogP contribution is -3.28. The molecule has 6 heteroatoms. The fourth-order valence-electron chi connectivity index (χ4n) is 4.20. The maximum absolute atomic E-state index is 12.5. The van der Waals surface area contributed by atoms with Crippen LogP contribution in [-0.4, -0.2) is 57.6 Å². The van der Waals surface area contributed by atoms with Crippen LogP contribution in [0.3, 0.4) is 0 Å². The monoisotopic (exact) mass is 424 g/mol. The van der Waals surface area contributed by atoms with E-state index in [4.69, 9.17) is 0 Å². The van der Waals surface area contributed by atoms with E-state index in [-0.39, 0.29) is 11.8 Å². The van der Waals surface area contributed by atoms with Crippen molar-refractivity contribution >= 4 is 17.5 Å². The van der Waals surface area contributed by atoms with Gasteiger partial charge in [0.1, 0.15) is 26.2 Å². The van der Waals surface area contributed by atoms with Crippen LogP contribution < -0.4 is 20.4 Å². The molecule has 0 atom stereocenters. The average Bonchev–Trinajstić information content (AvgIpc) is 2.77. The molecule has 0 unspecified atom stereocenters. The molecule has 1 aliphatic rings. The fourth-order valence-corrected chi connectivity index (χ4v) is 4.20. The fraction of sp³-hybridized carbons (Fsp3) is 0.440. The van der Waals surface area contributed by atoms with Gasteiger partial charge in [0.05, 0.1) is 0 Å². The number of nitrogens with one attached hydrogen (secondary N) is 4. The number of aryl methyl sites for hydroxylation is 2. The highest BCUT2D eigenvalue weighted by Gasteiger charge is 2.26. The minimum Gasteiger partial charge on any atom is -0.351 e. The number of hydrogen-bond acceptors (Lipinski definition) is 2. The van der Waals surface area contributed by atoms with Crippen molar-refractivity contribution in [2.24, 2.45) is 0 Å². The van der Waals surface area contributed by atoms with E-state index in [0.717, 1.165) is 50.3 Å². The second-order valence-corrected chi connectivity index (χ2v) is 8.44. The molecule has 0 saturated carbocycles. The van der Waals surface area contributed by atoms with Crippen molar-refractivity contribution in [3.8, 4) is 0 Å². The summed E-state index contributed by atoms with van der Waals surface area (Å²) in [4.78, 5) is 27.4. The number of carbonyl (C=O) groups excluding carboxylic acids is 2. The second-order valence-electron chi connectivity index (χ2n) is 8.44. The summed E-state index contributed by atoms with van der Waals surface area (Å²) in [5.74, 6) is 0.175. The Morgan fingerprint density at radius 1 is 0.839 bits per heavy atom. The molecule has 1 heterocycles. The van der Waals surface area contributed by atoms with Crippen molar-refractivity contribution in [1.82, 2.24) is 5.32 Å². The standard InChI is InChI=1S/C25H34N4O2/c1-3-21-9-6-7-11-23(21)27-25(31)19-29-16-14-28(15-17-29)18-24(30)26-13-12-22-10-5-4-8-20(22)2/h4-11H,3,12-19H2,1-2H3,(H,26,30)(H,27,31)/p+2. The van der Waals surface area contributed by atoms with Gasteiger partial charge in [-0.2, -0.15) is 0 Å². The summed E-state index contributed by atoms with van der Waals surface area (Å²) < 4.78 is 0. The van der Waals surface area contributed by atoms with Crippen LogP contribution in [0.25, 0.3) is 0 Å². The number of quaternary nitrogens is 2. The van der Waals surface area contributed by atoms with E-state index in [1.165, 1.54) is 20.9 Å². The van der Waals surface area contributed by atoms with E-state index < -0.39 is 0 Å². The molecule has 166 valence electrons. The summed E-state index contributed by atoms with van der Waals surface area (Å²) in [6.07, 6.45) is 1.76. The number of para-hydroxylation sites is 1. The second kappa shape index (κ2) is 11.6. The molecule has 0 bridgehead atoms. The van der Waals surface area contributed by atoms with Gasteiger partial charge in [-0.05, 0) is 42.5 Å². The van der Waals surface area contributed by atoms with Gasteiger partial charge in [0.2, 0.25) is 0 Å². The lowest BCUT2D eigenvalue weighted by molar-refractivity contribution is -1.00.